The fourth-order valence-electron chi connectivity index (χ4n) is 3.01. The standard InChI is InChI=1S/C22H16N4O4S2/c1-13-20-14(11-16(18-7-4-9-31-18)25-21(20)30-26-13)22(28)29-12-19(27)24-15-5-2-3-6-17(15)32-10-8-23/h2-7,9,11H,10,12H2,1H3,(H,24,27). The van der Waals surface area contributed by atoms with Crippen LogP contribution in [-0.4, -0.2) is 34.4 Å². The summed E-state index contributed by atoms with van der Waals surface area (Å²) >= 11 is 2.78. The Bertz CT molecular complexity index is 1330. The molecule has 0 aliphatic carbocycles. The molecule has 32 heavy (non-hydrogen) atoms. The molecule has 1 amide bonds. The van der Waals surface area contributed by atoms with Gasteiger partial charge in [-0.15, -0.1) is 23.1 Å². The van der Waals surface area contributed by atoms with Crippen molar-refractivity contribution in [3.63, 3.8) is 0 Å². The number of aromatic nitrogens is 2. The van der Waals surface area contributed by atoms with Crippen molar-refractivity contribution in [2.45, 2.75) is 11.8 Å². The lowest BCUT2D eigenvalue weighted by atomic mass is 10.1. The number of nitriles is 1. The van der Waals surface area contributed by atoms with Crippen LogP contribution in [0, 0.1) is 18.3 Å². The van der Waals surface area contributed by atoms with Gasteiger partial charge in [0.25, 0.3) is 11.6 Å². The Hall–Kier alpha value is -3.68. The first-order valence-electron chi connectivity index (χ1n) is 9.43. The first-order valence-corrected chi connectivity index (χ1v) is 11.3. The van der Waals surface area contributed by atoms with Crippen LogP contribution in [0.25, 0.3) is 21.7 Å². The van der Waals surface area contributed by atoms with Crippen molar-refractivity contribution in [1.82, 2.24) is 10.1 Å². The van der Waals surface area contributed by atoms with Crippen LogP contribution in [0.2, 0.25) is 0 Å². The molecule has 0 radical (unpaired) electrons. The molecule has 3 aromatic heterocycles. The Morgan fingerprint density at radius 2 is 2.12 bits per heavy atom. The number of carbonyl (C=O) groups is 2. The van der Waals surface area contributed by atoms with E-state index in [1.807, 2.05) is 23.6 Å². The zero-order valence-corrected chi connectivity index (χ0v) is 18.5. The lowest BCUT2D eigenvalue weighted by Crippen LogP contribution is -2.21. The van der Waals surface area contributed by atoms with Gasteiger partial charge in [0.2, 0.25) is 0 Å². The highest BCUT2D eigenvalue weighted by molar-refractivity contribution is 7.99. The first kappa shape index (κ1) is 21.5. The number of benzene rings is 1. The summed E-state index contributed by atoms with van der Waals surface area (Å²) in [5, 5.41) is 17.8. The van der Waals surface area contributed by atoms with E-state index in [0.717, 1.165) is 9.77 Å². The number of fused-ring (bicyclic) bond motifs is 1. The maximum atomic E-state index is 12.9. The average molecular weight is 465 g/mol. The van der Waals surface area contributed by atoms with Crippen LogP contribution in [0.5, 0.6) is 0 Å². The Morgan fingerprint density at radius 3 is 2.91 bits per heavy atom. The van der Waals surface area contributed by atoms with Gasteiger partial charge < -0.3 is 14.6 Å². The highest BCUT2D eigenvalue weighted by atomic mass is 32.2. The second kappa shape index (κ2) is 9.64. The third-order valence-electron chi connectivity index (χ3n) is 4.40. The lowest BCUT2D eigenvalue weighted by molar-refractivity contribution is -0.119. The van der Waals surface area contributed by atoms with Crippen molar-refractivity contribution in [1.29, 1.82) is 5.26 Å². The van der Waals surface area contributed by atoms with E-state index < -0.39 is 18.5 Å². The summed E-state index contributed by atoms with van der Waals surface area (Å²) in [5.41, 5.74) is 2.08. The lowest BCUT2D eigenvalue weighted by Gasteiger charge is -2.10. The summed E-state index contributed by atoms with van der Waals surface area (Å²) in [6.07, 6.45) is 0. The Labute approximate surface area is 191 Å². The van der Waals surface area contributed by atoms with Crippen LogP contribution < -0.4 is 5.32 Å². The molecule has 160 valence electrons. The summed E-state index contributed by atoms with van der Waals surface area (Å²) in [4.78, 5) is 31.3. The number of rotatable bonds is 7. The number of nitrogens with zero attached hydrogens (tertiary/aromatic N) is 3. The Morgan fingerprint density at radius 1 is 1.28 bits per heavy atom. The number of anilines is 1. The minimum Gasteiger partial charge on any atom is -0.452 e. The van der Waals surface area contributed by atoms with Crippen molar-refractivity contribution in [3.8, 4) is 16.6 Å². The maximum Gasteiger partial charge on any atom is 0.339 e. The molecule has 0 saturated heterocycles. The van der Waals surface area contributed by atoms with Crippen LogP contribution in [0.15, 0.2) is 57.3 Å². The van der Waals surface area contributed by atoms with Crippen LogP contribution in [0.3, 0.4) is 0 Å². The maximum absolute atomic E-state index is 12.9. The normalized spacial score (nSPS) is 10.6. The number of amides is 1. The number of hydrogen-bond donors (Lipinski definition) is 1. The van der Waals surface area contributed by atoms with E-state index in [4.69, 9.17) is 14.5 Å². The van der Waals surface area contributed by atoms with E-state index in [9.17, 15) is 9.59 Å². The molecule has 0 atom stereocenters. The number of pyridine rings is 1. The highest BCUT2D eigenvalue weighted by Crippen LogP contribution is 2.30. The summed E-state index contributed by atoms with van der Waals surface area (Å²) in [7, 11) is 0. The quantitative estimate of drug-likeness (QED) is 0.310. The molecule has 10 heteroatoms. The molecule has 4 aromatic rings. The highest BCUT2D eigenvalue weighted by Gasteiger charge is 2.21. The number of para-hydroxylation sites is 1. The number of ether oxygens (including phenoxy) is 1. The molecule has 0 saturated carbocycles. The number of esters is 1. The first-order chi connectivity index (χ1) is 15.6. The number of hydrogen-bond acceptors (Lipinski definition) is 9. The fraction of sp³-hybridized carbons (Fsp3) is 0.136. The van der Waals surface area contributed by atoms with Crippen molar-refractivity contribution in [2.24, 2.45) is 0 Å². The van der Waals surface area contributed by atoms with Gasteiger partial charge in [-0.1, -0.05) is 23.4 Å². The summed E-state index contributed by atoms with van der Waals surface area (Å²) in [5.74, 6) is -0.914. The second-order valence-electron chi connectivity index (χ2n) is 6.55. The predicted molar refractivity (Wildman–Crippen MR) is 122 cm³/mol. The monoisotopic (exact) mass is 464 g/mol. The molecule has 1 N–H and O–H groups in total. The van der Waals surface area contributed by atoms with Crippen molar-refractivity contribution >= 4 is 51.8 Å². The fourth-order valence-corrected chi connectivity index (χ4v) is 4.36. The Kier molecular flexibility index (Phi) is 6.49. The molecule has 0 unspecified atom stereocenters. The van der Waals surface area contributed by atoms with Gasteiger partial charge in [0.05, 0.1) is 44.7 Å². The summed E-state index contributed by atoms with van der Waals surface area (Å²) in [6, 6.07) is 14.5. The van der Waals surface area contributed by atoms with E-state index >= 15 is 0 Å². The predicted octanol–water partition coefficient (Wildman–Crippen LogP) is 4.67. The number of thioether (sulfide) groups is 1. The van der Waals surface area contributed by atoms with Gasteiger partial charge in [0.1, 0.15) is 0 Å². The summed E-state index contributed by atoms with van der Waals surface area (Å²) in [6.45, 7) is 1.23. The van der Waals surface area contributed by atoms with E-state index in [-0.39, 0.29) is 17.0 Å². The smallest absolute Gasteiger partial charge is 0.339 e. The zero-order valence-electron chi connectivity index (χ0n) is 16.8. The zero-order chi connectivity index (χ0) is 22.5. The molecular formula is C22H16N4O4S2. The molecule has 4 rings (SSSR count). The molecule has 0 bridgehead atoms. The molecule has 0 spiro atoms. The number of thiophene rings is 1. The topological polar surface area (TPSA) is 118 Å². The van der Waals surface area contributed by atoms with Crippen LogP contribution in [-0.2, 0) is 9.53 Å². The average Bonchev–Trinajstić information content (AvgIpc) is 3.47. The molecule has 8 nitrogen and oxygen atoms in total. The van der Waals surface area contributed by atoms with Crippen LogP contribution >= 0.6 is 23.1 Å². The minimum absolute atomic E-state index is 0.230. The Balaban J connectivity index is 1.51. The SMILES string of the molecule is Cc1noc2nc(-c3cccs3)cc(C(=O)OCC(=O)Nc3ccccc3SCC#N)c12. The van der Waals surface area contributed by atoms with Gasteiger partial charge in [-0.2, -0.15) is 5.26 Å². The van der Waals surface area contributed by atoms with Crippen molar-refractivity contribution < 1.29 is 18.8 Å². The van der Waals surface area contributed by atoms with Gasteiger partial charge in [-0.25, -0.2) is 9.78 Å². The molecule has 0 aliphatic rings. The molecule has 3 heterocycles. The number of aryl methyl sites for hydroxylation is 1. The van der Waals surface area contributed by atoms with Gasteiger partial charge in [-0.3, -0.25) is 4.79 Å². The van der Waals surface area contributed by atoms with Crippen molar-refractivity contribution in [2.75, 3.05) is 17.7 Å². The molecule has 1 aromatic carbocycles. The van der Waals surface area contributed by atoms with Crippen LogP contribution in [0.1, 0.15) is 16.1 Å². The van der Waals surface area contributed by atoms with Gasteiger partial charge in [0, 0.05) is 4.90 Å². The van der Waals surface area contributed by atoms with Gasteiger partial charge in [-0.05, 0) is 36.6 Å². The molecule has 0 fully saturated rings. The van der Waals surface area contributed by atoms with Crippen molar-refractivity contribution in [3.05, 3.63) is 59.1 Å². The van der Waals surface area contributed by atoms with E-state index in [2.05, 4.69) is 21.5 Å². The molecule has 0 aliphatic heterocycles. The van der Waals surface area contributed by atoms with Gasteiger partial charge in [0.15, 0.2) is 6.61 Å². The second-order valence-corrected chi connectivity index (χ2v) is 8.51. The van der Waals surface area contributed by atoms with E-state index in [1.54, 1.807) is 31.2 Å². The van der Waals surface area contributed by atoms with E-state index in [1.165, 1.54) is 23.1 Å². The summed E-state index contributed by atoms with van der Waals surface area (Å²) < 4.78 is 10.5. The number of nitrogens with one attached hydrogen (secondary N) is 1. The third kappa shape index (κ3) is 4.64. The van der Waals surface area contributed by atoms with Gasteiger partial charge >= 0.3 is 5.97 Å². The number of carbonyl (C=O) groups excluding carboxylic acids is 2. The van der Waals surface area contributed by atoms with Crippen LogP contribution in [0.4, 0.5) is 5.69 Å². The van der Waals surface area contributed by atoms with E-state index in [0.29, 0.717) is 22.5 Å². The minimum atomic E-state index is -0.677. The largest absolute Gasteiger partial charge is 0.452 e. The third-order valence-corrected chi connectivity index (χ3v) is 6.23. The molecular weight excluding hydrogens is 448 g/mol.